The number of nitrogens with zero attached hydrogens (tertiary/aromatic N) is 4. The Morgan fingerprint density at radius 3 is 2.48 bits per heavy atom. The van der Waals surface area contributed by atoms with Crippen molar-refractivity contribution in [2.24, 2.45) is 0 Å². The number of nitrogens with one attached hydrogen (secondary N) is 1. The summed E-state index contributed by atoms with van der Waals surface area (Å²) >= 11 is 24.4. The van der Waals surface area contributed by atoms with Gasteiger partial charge in [-0.3, -0.25) is 9.48 Å². The van der Waals surface area contributed by atoms with Crippen LogP contribution < -0.4 is 10.1 Å². The maximum atomic E-state index is 12.6. The van der Waals surface area contributed by atoms with E-state index in [-0.39, 0.29) is 23.3 Å². The minimum absolute atomic E-state index is 0.132. The first kappa shape index (κ1) is 23.4. The average molecular weight is 525 g/mol. The van der Waals surface area contributed by atoms with Gasteiger partial charge in [0.2, 0.25) is 0 Å². The van der Waals surface area contributed by atoms with Crippen molar-refractivity contribution in [3.05, 3.63) is 91.8 Å². The summed E-state index contributed by atoms with van der Waals surface area (Å²) in [5.74, 6) is 0.446. The number of hydrogen-bond donors (Lipinski definition) is 1. The van der Waals surface area contributed by atoms with Gasteiger partial charge < -0.3 is 10.1 Å². The summed E-state index contributed by atoms with van der Waals surface area (Å²) < 4.78 is 8.82. The monoisotopic (exact) mass is 523 g/mol. The predicted molar refractivity (Wildman–Crippen MR) is 130 cm³/mol. The molecule has 0 bridgehead atoms. The van der Waals surface area contributed by atoms with Crippen molar-refractivity contribution in [1.29, 1.82) is 0 Å². The zero-order chi connectivity index (χ0) is 23.5. The lowest BCUT2D eigenvalue weighted by molar-refractivity contribution is 0.101. The minimum atomic E-state index is -0.451. The fraction of sp³-hybridized carbons (Fsp3) is 0.136. The van der Waals surface area contributed by atoms with E-state index in [1.807, 2.05) is 13.0 Å². The average Bonchev–Trinajstić information content (AvgIpc) is 3.36. The molecule has 0 spiro atoms. The Hall–Kier alpha value is -2.71. The SMILES string of the molecule is Cc1cc(Cl)ccc1OCn1ccc(C(=O)Nc2nn(Cc3ccc(Cl)cc3Cl)cc2Cl)n1. The molecule has 170 valence electrons. The summed E-state index contributed by atoms with van der Waals surface area (Å²) in [6.07, 6.45) is 3.24. The number of ether oxygens (including phenoxy) is 1. The fourth-order valence-corrected chi connectivity index (χ4v) is 3.92. The molecule has 2 aromatic carbocycles. The Bertz CT molecular complexity index is 1320. The smallest absolute Gasteiger partial charge is 0.277 e. The summed E-state index contributed by atoms with van der Waals surface area (Å²) in [5, 5.41) is 13.2. The highest BCUT2D eigenvalue weighted by Gasteiger charge is 2.15. The molecule has 4 rings (SSSR count). The summed E-state index contributed by atoms with van der Waals surface area (Å²) in [5.41, 5.74) is 1.91. The Labute approximate surface area is 209 Å². The number of carbonyl (C=O) groups is 1. The Morgan fingerprint density at radius 1 is 0.970 bits per heavy atom. The minimum Gasteiger partial charge on any atom is -0.471 e. The number of benzene rings is 2. The summed E-state index contributed by atoms with van der Waals surface area (Å²) in [4.78, 5) is 12.6. The number of anilines is 1. The van der Waals surface area contributed by atoms with Gasteiger partial charge in [0, 0.05) is 27.5 Å². The highest BCUT2D eigenvalue weighted by atomic mass is 35.5. The first-order valence-electron chi connectivity index (χ1n) is 9.69. The van der Waals surface area contributed by atoms with Gasteiger partial charge in [0.05, 0.1) is 6.54 Å². The molecule has 0 saturated heterocycles. The second kappa shape index (κ2) is 10.1. The Kier molecular flexibility index (Phi) is 7.14. The van der Waals surface area contributed by atoms with Crippen LogP contribution in [0.1, 0.15) is 21.6 Å². The maximum Gasteiger partial charge on any atom is 0.277 e. The molecule has 2 heterocycles. The molecule has 0 atom stereocenters. The van der Waals surface area contributed by atoms with E-state index in [9.17, 15) is 4.79 Å². The van der Waals surface area contributed by atoms with Crippen molar-refractivity contribution in [2.75, 3.05) is 5.32 Å². The van der Waals surface area contributed by atoms with Crippen LogP contribution in [0.2, 0.25) is 20.1 Å². The quantitative estimate of drug-likeness (QED) is 0.306. The maximum absolute atomic E-state index is 12.6. The van der Waals surface area contributed by atoms with Gasteiger partial charge in [0.25, 0.3) is 5.91 Å². The van der Waals surface area contributed by atoms with E-state index >= 15 is 0 Å². The molecule has 0 aliphatic carbocycles. The number of carbonyl (C=O) groups excluding carboxylic acids is 1. The van der Waals surface area contributed by atoms with Gasteiger partial charge in [-0.15, -0.1) is 0 Å². The molecule has 7 nitrogen and oxygen atoms in total. The van der Waals surface area contributed by atoms with Gasteiger partial charge >= 0.3 is 0 Å². The molecule has 0 unspecified atom stereocenters. The van der Waals surface area contributed by atoms with Crippen LogP contribution in [0.25, 0.3) is 0 Å². The third-order valence-electron chi connectivity index (χ3n) is 4.66. The lowest BCUT2D eigenvalue weighted by Gasteiger charge is -2.09. The zero-order valence-corrected chi connectivity index (χ0v) is 20.3. The third-order valence-corrected chi connectivity index (χ3v) is 5.76. The highest BCUT2D eigenvalue weighted by molar-refractivity contribution is 6.35. The van der Waals surface area contributed by atoms with Gasteiger partial charge in [0.15, 0.2) is 18.2 Å². The van der Waals surface area contributed by atoms with E-state index in [0.717, 1.165) is 11.1 Å². The highest BCUT2D eigenvalue weighted by Crippen LogP contribution is 2.25. The van der Waals surface area contributed by atoms with E-state index in [1.165, 1.54) is 4.68 Å². The van der Waals surface area contributed by atoms with Crippen LogP contribution >= 0.6 is 46.4 Å². The Morgan fingerprint density at radius 2 is 1.73 bits per heavy atom. The van der Waals surface area contributed by atoms with Gasteiger partial charge in [-0.25, -0.2) is 4.68 Å². The van der Waals surface area contributed by atoms with Crippen LogP contribution in [0, 0.1) is 6.92 Å². The van der Waals surface area contributed by atoms with Crippen molar-refractivity contribution in [1.82, 2.24) is 19.6 Å². The van der Waals surface area contributed by atoms with Crippen LogP contribution in [0.3, 0.4) is 0 Å². The molecule has 1 N–H and O–H groups in total. The molecule has 4 aromatic rings. The Balaban J connectivity index is 1.39. The standard InChI is InChI=1S/C22H17Cl4N5O2/c1-13-8-15(23)4-5-20(13)33-12-30-7-6-19(28-30)22(32)27-21-18(26)11-31(29-21)10-14-2-3-16(24)9-17(14)25/h2-9,11H,10,12H2,1H3,(H,27,29,32). The van der Waals surface area contributed by atoms with Crippen molar-refractivity contribution in [3.8, 4) is 5.75 Å². The lowest BCUT2D eigenvalue weighted by Crippen LogP contribution is -2.15. The zero-order valence-electron chi connectivity index (χ0n) is 17.2. The van der Waals surface area contributed by atoms with Crippen molar-refractivity contribution >= 4 is 58.1 Å². The topological polar surface area (TPSA) is 74.0 Å². The molecular weight excluding hydrogens is 508 g/mol. The molecule has 0 fully saturated rings. The van der Waals surface area contributed by atoms with Crippen molar-refractivity contribution in [3.63, 3.8) is 0 Å². The van der Waals surface area contributed by atoms with Gasteiger partial charge in [-0.05, 0) is 54.4 Å². The number of hydrogen-bond acceptors (Lipinski definition) is 4. The number of aromatic nitrogens is 4. The van der Waals surface area contributed by atoms with Gasteiger partial charge in [-0.1, -0.05) is 52.5 Å². The normalized spacial score (nSPS) is 10.9. The molecule has 0 aliphatic heterocycles. The summed E-state index contributed by atoms with van der Waals surface area (Å²) in [7, 11) is 0. The summed E-state index contributed by atoms with van der Waals surface area (Å²) in [6.45, 7) is 2.39. The second-order valence-electron chi connectivity index (χ2n) is 7.14. The molecule has 0 radical (unpaired) electrons. The van der Waals surface area contributed by atoms with Gasteiger partial charge in [0.1, 0.15) is 10.8 Å². The molecule has 0 saturated carbocycles. The molecule has 0 aliphatic rings. The van der Waals surface area contributed by atoms with Crippen LogP contribution in [0.5, 0.6) is 5.75 Å². The first-order valence-corrected chi connectivity index (χ1v) is 11.2. The van der Waals surface area contributed by atoms with Crippen LogP contribution in [-0.2, 0) is 13.3 Å². The number of aryl methyl sites for hydroxylation is 1. The third kappa shape index (κ3) is 5.81. The van der Waals surface area contributed by atoms with Crippen LogP contribution in [-0.4, -0.2) is 25.5 Å². The van der Waals surface area contributed by atoms with Gasteiger partial charge in [-0.2, -0.15) is 10.2 Å². The largest absolute Gasteiger partial charge is 0.471 e. The molecular formula is C22H17Cl4N5O2. The number of amides is 1. The van der Waals surface area contributed by atoms with E-state index in [2.05, 4.69) is 15.5 Å². The van der Waals surface area contributed by atoms with E-state index in [0.29, 0.717) is 27.4 Å². The lowest BCUT2D eigenvalue weighted by atomic mass is 10.2. The molecule has 11 heteroatoms. The number of halogens is 4. The van der Waals surface area contributed by atoms with Crippen LogP contribution in [0.15, 0.2) is 54.9 Å². The van der Waals surface area contributed by atoms with E-state index in [1.54, 1.807) is 53.5 Å². The summed E-state index contributed by atoms with van der Waals surface area (Å²) in [6, 6.07) is 12.1. The first-order chi connectivity index (χ1) is 15.8. The molecule has 2 aromatic heterocycles. The number of rotatable bonds is 7. The van der Waals surface area contributed by atoms with Crippen LogP contribution in [0.4, 0.5) is 5.82 Å². The predicted octanol–water partition coefficient (Wildman–Crippen LogP) is 6.34. The van der Waals surface area contributed by atoms with E-state index < -0.39 is 5.91 Å². The fourth-order valence-electron chi connectivity index (χ4n) is 3.02. The van der Waals surface area contributed by atoms with Crippen molar-refractivity contribution in [2.45, 2.75) is 20.2 Å². The molecule has 33 heavy (non-hydrogen) atoms. The van der Waals surface area contributed by atoms with E-state index in [4.69, 9.17) is 51.1 Å². The van der Waals surface area contributed by atoms with Crippen molar-refractivity contribution < 1.29 is 9.53 Å². The second-order valence-corrected chi connectivity index (χ2v) is 8.82. The molecule has 1 amide bonds.